The Bertz CT molecular complexity index is 1090. The van der Waals surface area contributed by atoms with Crippen molar-refractivity contribution in [3.8, 4) is 11.3 Å². The van der Waals surface area contributed by atoms with Crippen LogP contribution >= 0.6 is 11.3 Å². The summed E-state index contributed by atoms with van der Waals surface area (Å²) >= 11 is 1.42. The Morgan fingerprint density at radius 2 is 1.97 bits per heavy atom. The maximum absolute atomic E-state index is 13.4. The minimum atomic E-state index is -0.390. The minimum Gasteiger partial charge on any atom is -0.355 e. The topological polar surface area (TPSA) is 80.1 Å². The summed E-state index contributed by atoms with van der Waals surface area (Å²) in [6, 6.07) is 5.96. The molecule has 4 rings (SSSR count). The van der Waals surface area contributed by atoms with Crippen LogP contribution in [0.3, 0.4) is 0 Å². The molecular weight excluding hydrogens is 393 g/mol. The highest BCUT2D eigenvalue weighted by molar-refractivity contribution is 7.22. The fourth-order valence-corrected chi connectivity index (χ4v) is 4.47. The van der Waals surface area contributed by atoms with Gasteiger partial charge in [-0.2, -0.15) is 5.10 Å². The number of carbonyl (C=O) groups excluding carboxylic acids is 1. The lowest BCUT2D eigenvalue weighted by atomic mass is 10.1. The van der Waals surface area contributed by atoms with E-state index in [0.29, 0.717) is 28.0 Å². The maximum Gasteiger partial charge on any atom is 0.294 e. The zero-order chi connectivity index (χ0) is 20.4. The monoisotopic (exact) mass is 415 g/mol. The molecule has 2 aromatic heterocycles. The number of thiazole rings is 1. The molecule has 1 amide bonds. The van der Waals surface area contributed by atoms with Crippen LogP contribution in [-0.4, -0.2) is 40.3 Å². The number of carbonyl (C=O) groups is 1. The molecule has 0 unspecified atom stereocenters. The molecule has 1 aliphatic rings. The zero-order valence-corrected chi connectivity index (χ0v) is 17.0. The average Bonchev–Trinajstić information content (AvgIpc) is 3.39. The van der Waals surface area contributed by atoms with Gasteiger partial charge in [-0.1, -0.05) is 18.3 Å². The molecule has 3 heterocycles. The fourth-order valence-electron chi connectivity index (χ4n) is 3.35. The third-order valence-corrected chi connectivity index (χ3v) is 5.97. The first kappa shape index (κ1) is 19.5. The third kappa shape index (κ3) is 4.00. The van der Waals surface area contributed by atoms with Crippen molar-refractivity contribution in [2.75, 3.05) is 24.5 Å². The molecule has 9 heteroatoms. The van der Waals surface area contributed by atoms with Crippen molar-refractivity contribution in [3.05, 3.63) is 40.4 Å². The van der Waals surface area contributed by atoms with Crippen molar-refractivity contribution in [1.29, 1.82) is 0 Å². The summed E-state index contributed by atoms with van der Waals surface area (Å²) in [5, 5.41) is 8.00. The Morgan fingerprint density at radius 3 is 2.66 bits per heavy atom. The highest BCUT2D eigenvalue weighted by atomic mass is 32.1. The normalized spacial score (nSPS) is 13.9. The highest BCUT2D eigenvalue weighted by Gasteiger charge is 2.22. The Balaban J connectivity index is 1.83. The number of hydrogen-bond acceptors (Lipinski definition) is 6. The Kier molecular flexibility index (Phi) is 5.57. The standard InChI is InChI=1S/C20H22FN5O2S/c1-2-9-22-15(27)12-26-19(28)17-18(29-20(23-17)25-10-3-4-11-25)16(24-26)13-5-7-14(21)8-6-13/h5-8H,2-4,9-12H2,1H3,(H,22,27). The van der Waals surface area contributed by atoms with E-state index in [-0.39, 0.29) is 23.8 Å². The molecule has 0 radical (unpaired) electrons. The Labute approximate surface area is 171 Å². The summed E-state index contributed by atoms with van der Waals surface area (Å²) in [6.07, 6.45) is 3.00. The second kappa shape index (κ2) is 8.28. The summed E-state index contributed by atoms with van der Waals surface area (Å²) in [5.41, 5.74) is 1.12. The molecule has 29 heavy (non-hydrogen) atoms. The molecule has 0 bridgehead atoms. The number of nitrogens with zero attached hydrogens (tertiary/aromatic N) is 4. The van der Waals surface area contributed by atoms with Crippen molar-refractivity contribution >= 4 is 32.6 Å². The van der Waals surface area contributed by atoms with Crippen molar-refractivity contribution in [2.24, 2.45) is 0 Å². The largest absolute Gasteiger partial charge is 0.355 e. The maximum atomic E-state index is 13.4. The van der Waals surface area contributed by atoms with E-state index in [4.69, 9.17) is 0 Å². The zero-order valence-electron chi connectivity index (χ0n) is 16.2. The van der Waals surface area contributed by atoms with Gasteiger partial charge >= 0.3 is 0 Å². The lowest BCUT2D eigenvalue weighted by Crippen LogP contribution is -2.34. The molecule has 3 aromatic rings. The predicted molar refractivity (Wildman–Crippen MR) is 112 cm³/mol. The summed E-state index contributed by atoms with van der Waals surface area (Å²) in [6.45, 7) is 4.13. The highest BCUT2D eigenvalue weighted by Crippen LogP contribution is 2.34. The molecule has 0 atom stereocenters. The molecule has 1 fully saturated rings. The molecule has 7 nitrogen and oxygen atoms in total. The van der Waals surface area contributed by atoms with Gasteiger partial charge in [-0.05, 0) is 43.5 Å². The van der Waals surface area contributed by atoms with Crippen LogP contribution in [0.15, 0.2) is 29.1 Å². The Hall–Kier alpha value is -2.81. The number of halogens is 1. The van der Waals surface area contributed by atoms with Gasteiger partial charge in [0.25, 0.3) is 5.56 Å². The summed E-state index contributed by atoms with van der Waals surface area (Å²) < 4.78 is 15.2. The van der Waals surface area contributed by atoms with Crippen molar-refractivity contribution < 1.29 is 9.18 Å². The van der Waals surface area contributed by atoms with Crippen molar-refractivity contribution in [1.82, 2.24) is 20.1 Å². The van der Waals surface area contributed by atoms with Gasteiger partial charge < -0.3 is 10.2 Å². The summed E-state index contributed by atoms with van der Waals surface area (Å²) in [4.78, 5) is 31.9. The van der Waals surface area contributed by atoms with Crippen LogP contribution in [-0.2, 0) is 11.3 Å². The lowest BCUT2D eigenvalue weighted by Gasteiger charge is -2.11. The van der Waals surface area contributed by atoms with Crippen LogP contribution in [0.25, 0.3) is 21.5 Å². The van der Waals surface area contributed by atoms with Gasteiger partial charge in [-0.25, -0.2) is 14.1 Å². The van der Waals surface area contributed by atoms with Gasteiger partial charge in [0.15, 0.2) is 10.6 Å². The second-order valence-electron chi connectivity index (χ2n) is 7.04. The van der Waals surface area contributed by atoms with E-state index in [2.05, 4.69) is 20.3 Å². The van der Waals surface area contributed by atoms with Gasteiger partial charge in [0.05, 0.1) is 4.70 Å². The van der Waals surface area contributed by atoms with E-state index >= 15 is 0 Å². The second-order valence-corrected chi connectivity index (χ2v) is 8.01. The SMILES string of the molecule is CCCNC(=O)Cn1nc(-c2ccc(F)cc2)c2sc(N3CCCC3)nc2c1=O. The van der Waals surface area contributed by atoms with Crippen LogP contribution in [0, 0.1) is 5.82 Å². The number of rotatable bonds is 6. The number of nitrogens with one attached hydrogen (secondary N) is 1. The fraction of sp³-hybridized carbons (Fsp3) is 0.400. The molecular formula is C20H22FN5O2S. The molecule has 1 saturated heterocycles. The molecule has 1 aromatic carbocycles. The van der Waals surface area contributed by atoms with Gasteiger partial charge in [-0.3, -0.25) is 9.59 Å². The van der Waals surface area contributed by atoms with Gasteiger partial charge in [0, 0.05) is 25.2 Å². The molecule has 152 valence electrons. The molecule has 1 N–H and O–H groups in total. The molecule has 1 aliphatic heterocycles. The number of benzene rings is 1. The van der Waals surface area contributed by atoms with Crippen LogP contribution in [0.5, 0.6) is 0 Å². The van der Waals surface area contributed by atoms with Crippen molar-refractivity contribution in [2.45, 2.75) is 32.7 Å². The quantitative estimate of drug-likeness (QED) is 0.670. The van der Waals surface area contributed by atoms with Crippen LogP contribution in [0.1, 0.15) is 26.2 Å². The number of anilines is 1. The number of aromatic nitrogens is 3. The summed E-state index contributed by atoms with van der Waals surface area (Å²) in [7, 11) is 0. The Morgan fingerprint density at radius 1 is 1.24 bits per heavy atom. The van der Waals surface area contributed by atoms with E-state index in [1.54, 1.807) is 12.1 Å². The van der Waals surface area contributed by atoms with E-state index in [9.17, 15) is 14.0 Å². The first-order chi connectivity index (χ1) is 14.1. The van der Waals surface area contributed by atoms with Crippen molar-refractivity contribution in [3.63, 3.8) is 0 Å². The summed E-state index contributed by atoms with van der Waals surface area (Å²) in [5.74, 6) is -0.625. The molecule has 0 spiro atoms. The van der Waals surface area contributed by atoms with Crippen LogP contribution in [0.2, 0.25) is 0 Å². The molecule has 0 aliphatic carbocycles. The van der Waals surface area contributed by atoms with Crippen LogP contribution in [0.4, 0.5) is 9.52 Å². The van der Waals surface area contributed by atoms with E-state index < -0.39 is 0 Å². The molecule has 0 saturated carbocycles. The lowest BCUT2D eigenvalue weighted by molar-refractivity contribution is -0.121. The van der Waals surface area contributed by atoms with E-state index in [0.717, 1.165) is 42.2 Å². The van der Waals surface area contributed by atoms with E-state index in [1.807, 2.05) is 6.92 Å². The average molecular weight is 415 g/mol. The van der Waals surface area contributed by atoms with Gasteiger partial charge in [0.2, 0.25) is 5.91 Å². The minimum absolute atomic E-state index is 0.181. The first-order valence-corrected chi connectivity index (χ1v) is 10.6. The smallest absolute Gasteiger partial charge is 0.294 e. The van der Waals surface area contributed by atoms with Crippen LogP contribution < -0.4 is 15.8 Å². The first-order valence-electron chi connectivity index (χ1n) is 9.76. The number of fused-ring (bicyclic) bond motifs is 1. The third-order valence-electron chi connectivity index (χ3n) is 4.85. The number of amides is 1. The van der Waals surface area contributed by atoms with Gasteiger partial charge in [-0.15, -0.1) is 0 Å². The number of hydrogen-bond donors (Lipinski definition) is 1. The van der Waals surface area contributed by atoms with Gasteiger partial charge in [0.1, 0.15) is 18.1 Å². The van der Waals surface area contributed by atoms with E-state index in [1.165, 1.54) is 23.5 Å². The predicted octanol–water partition coefficient (Wildman–Crippen LogP) is 2.79.